The first-order valence-corrected chi connectivity index (χ1v) is 30.9. The van der Waals surface area contributed by atoms with Gasteiger partial charge in [0.05, 0.1) is 18.5 Å². The Morgan fingerprint density at radius 1 is 0.718 bits per heavy atom. The van der Waals surface area contributed by atoms with Gasteiger partial charge in [-0.2, -0.15) is 10.2 Å². The van der Waals surface area contributed by atoms with Crippen molar-refractivity contribution >= 4 is 22.9 Å². The second-order valence-corrected chi connectivity index (χ2v) is 22.5. The minimum absolute atomic E-state index is 0.0263. The van der Waals surface area contributed by atoms with E-state index in [-0.39, 0.29) is 18.4 Å². The third-order valence-electron chi connectivity index (χ3n) is 14.8. The van der Waals surface area contributed by atoms with E-state index in [0.717, 1.165) is 64.4 Å². The van der Waals surface area contributed by atoms with Gasteiger partial charge < -0.3 is 19.8 Å². The fourth-order valence-corrected chi connectivity index (χ4v) is 10.5. The van der Waals surface area contributed by atoms with Crippen molar-refractivity contribution in [3.8, 4) is 11.1 Å². The standard InChI is InChI=1S/C17H23F2N3.C14H17N3O.C11H14ClN.C9H20.2C8H18/c1-5-16-14(6-12(2)15-9-20-22(4)11-15)7-13(8-17(18)19)10-21(16)3;1-16-9-13(18)6-11-5-10(3-4-14(11)16)12-7-15-17(2)8-12;1-13-8-4-5-9-10(12)6-2-3-7-11(9)13;1-3-5-7-9-8-6-4-2;2*1-3-5-7-8-6-4-2/h5-6,9,11,13,17H,1,7-8,10H2,2-4H3;3-5,7-8,13,18H,6,9H2,1-2H3;3,6-7H,2,4-5,8H2,1H3;3-9H2,1-2H3;2*3-8H2,1-2H3/b12-6+;;;;;. The third-order valence-corrected chi connectivity index (χ3v) is 15.1. The number of β-amino-alcohol motifs (C(OH)–C–C–N with tert-alkyl or cyclic N) is 1. The van der Waals surface area contributed by atoms with E-state index >= 15 is 0 Å². The van der Waals surface area contributed by atoms with E-state index in [1.807, 2.05) is 64.8 Å². The summed E-state index contributed by atoms with van der Waals surface area (Å²) < 4.78 is 29.0. The number of aromatic nitrogens is 4. The quantitative estimate of drug-likeness (QED) is 0.101. The molecule has 0 bridgehead atoms. The minimum atomic E-state index is -2.26. The number of aliphatic hydroxyl groups excluding tert-OH is 1. The predicted molar refractivity (Wildman–Crippen MR) is 335 cm³/mol. The van der Waals surface area contributed by atoms with Crippen molar-refractivity contribution in [1.29, 1.82) is 0 Å². The van der Waals surface area contributed by atoms with Crippen molar-refractivity contribution in [2.24, 2.45) is 20.0 Å². The molecule has 1 N–H and O–H groups in total. The molecule has 1 aliphatic carbocycles. The molecule has 7 rings (SSSR count). The largest absolute Gasteiger partial charge is 0.391 e. The van der Waals surface area contributed by atoms with Gasteiger partial charge in [-0.3, -0.25) is 9.36 Å². The number of aryl methyl sites for hydroxylation is 2. The van der Waals surface area contributed by atoms with Crippen LogP contribution in [0.2, 0.25) is 0 Å². The maximum absolute atomic E-state index is 12.7. The van der Waals surface area contributed by atoms with Crippen LogP contribution in [0.25, 0.3) is 16.7 Å². The number of fused-ring (bicyclic) bond motifs is 1. The van der Waals surface area contributed by atoms with Crippen molar-refractivity contribution in [3.05, 3.63) is 119 Å². The number of rotatable bonds is 22. The van der Waals surface area contributed by atoms with Crippen LogP contribution in [0.1, 0.15) is 214 Å². The molecule has 0 radical (unpaired) electrons. The molecule has 0 fully saturated rings. The smallest absolute Gasteiger partial charge is 0.239 e. The number of aliphatic hydroxyl groups is 1. The highest BCUT2D eigenvalue weighted by molar-refractivity contribution is 6.32. The highest BCUT2D eigenvalue weighted by atomic mass is 35.5. The first kappa shape index (κ1) is 69.7. The van der Waals surface area contributed by atoms with Crippen LogP contribution in [-0.4, -0.2) is 87.8 Å². The zero-order valence-corrected chi connectivity index (χ0v) is 52.1. The Balaban J connectivity index is 0.000000336. The highest BCUT2D eigenvalue weighted by Gasteiger charge is 2.25. The maximum atomic E-state index is 12.7. The van der Waals surface area contributed by atoms with Crippen molar-refractivity contribution in [3.63, 3.8) is 0 Å². The molecule has 0 saturated heterocycles. The van der Waals surface area contributed by atoms with Crippen LogP contribution in [0.15, 0.2) is 108 Å². The van der Waals surface area contributed by atoms with Crippen LogP contribution in [-0.2, 0) is 20.5 Å². The van der Waals surface area contributed by atoms with Gasteiger partial charge in [-0.15, -0.1) is 0 Å². The van der Waals surface area contributed by atoms with E-state index in [1.165, 1.54) is 151 Å². The molecule has 2 atom stereocenters. The predicted octanol–water partition coefficient (Wildman–Crippen LogP) is 18.8. The summed E-state index contributed by atoms with van der Waals surface area (Å²) in [5, 5.41) is 19.1. The van der Waals surface area contributed by atoms with Crippen molar-refractivity contribution < 1.29 is 13.9 Å². The minimum Gasteiger partial charge on any atom is -0.391 e. The summed E-state index contributed by atoms with van der Waals surface area (Å²) in [7, 11) is 9.87. The number of likely N-dealkylation sites (N-methyl/N-ethyl adjacent to an activating group) is 3. The Morgan fingerprint density at radius 3 is 1.77 bits per heavy atom. The molecule has 78 heavy (non-hydrogen) atoms. The molecule has 3 aliphatic heterocycles. The highest BCUT2D eigenvalue weighted by Crippen LogP contribution is 2.34. The lowest BCUT2D eigenvalue weighted by atomic mass is 9.89. The van der Waals surface area contributed by atoms with Crippen LogP contribution < -0.4 is 4.90 Å². The lowest BCUT2D eigenvalue weighted by molar-refractivity contribution is 0.104. The van der Waals surface area contributed by atoms with Gasteiger partial charge in [-0.05, 0) is 90.7 Å². The van der Waals surface area contributed by atoms with Gasteiger partial charge in [0.25, 0.3) is 0 Å². The first-order chi connectivity index (χ1) is 37.6. The molecule has 3 aromatic rings. The van der Waals surface area contributed by atoms with Crippen molar-refractivity contribution in [2.45, 2.75) is 222 Å². The van der Waals surface area contributed by atoms with E-state index in [4.69, 9.17) is 11.6 Å². The summed E-state index contributed by atoms with van der Waals surface area (Å²) in [6.45, 7) is 21.9. The fraction of sp³-hybridized carbons (Fsp3) is 0.642. The van der Waals surface area contributed by atoms with Crippen LogP contribution >= 0.6 is 11.6 Å². The average Bonchev–Trinajstić information content (AvgIpc) is 4.02. The number of hydrogen-bond acceptors (Lipinski definition) is 6. The molecule has 440 valence electrons. The van der Waals surface area contributed by atoms with Crippen LogP contribution in [0.4, 0.5) is 14.5 Å². The number of nitrogens with zero attached hydrogens (tertiary/aromatic N) is 7. The number of alkyl halides is 2. The summed E-state index contributed by atoms with van der Waals surface area (Å²) in [5.41, 5.74) is 11.5. The lowest BCUT2D eigenvalue weighted by Crippen LogP contribution is -2.35. The van der Waals surface area contributed by atoms with Crippen molar-refractivity contribution in [2.75, 3.05) is 45.7 Å². The summed E-state index contributed by atoms with van der Waals surface area (Å²) in [4.78, 5) is 6.42. The zero-order valence-electron chi connectivity index (χ0n) is 51.4. The SMILES string of the molecule is C=CC1=C(/C=C(\C)c2cnn(C)c2)CC(CC(F)F)CN1C.CCCCCCCC.CCCCCCCC.CCCCCCCCC.CN1CC(O)Cc2cc(-c3cnn(C)c3)ccc21.CN1CCCC2=C1C=CCC=C2Cl. The van der Waals surface area contributed by atoms with E-state index in [0.29, 0.717) is 19.5 Å². The molecule has 2 aromatic heterocycles. The lowest BCUT2D eigenvalue weighted by Gasteiger charge is -2.34. The van der Waals surface area contributed by atoms with Gasteiger partial charge in [0, 0.05) is 113 Å². The van der Waals surface area contributed by atoms with Gasteiger partial charge in [0.2, 0.25) is 6.43 Å². The second kappa shape index (κ2) is 41.6. The van der Waals surface area contributed by atoms with E-state index in [2.05, 4.69) is 118 Å². The summed E-state index contributed by atoms with van der Waals surface area (Å²) >= 11 is 6.20. The normalized spacial score (nSPS) is 16.9. The fourth-order valence-electron chi connectivity index (χ4n) is 10.3. The van der Waals surface area contributed by atoms with Gasteiger partial charge in [-0.1, -0.05) is 206 Å². The second-order valence-electron chi connectivity index (χ2n) is 22.1. The number of hydrogen-bond donors (Lipinski definition) is 1. The Bertz CT molecular complexity index is 2210. The molecule has 8 nitrogen and oxygen atoms in total. The van der Waals surface area contributed by atoms with Gasteiger partial charge in [-0.25, -0.2) is 8.78 Å². The molecule has 4 aliphatic rings. The van der Waals surface area contributed by atoms with Gasteiger partial charge in [0.1, 0.15) is 0 Å². The molecule has 5 heterocycles. The number of halogens is 3. The first-order valence-electron chi connectivity index (χ1n) is 30.6. The molecule has 2 unspecified atom stereocenters. The number of anilines is 1. The van der Waals surface area contributed by atoms with Gasteiger partial charge in [0.15, 0.2) is 0 Å². The van der Waals surface area contributed by atoms with Crippen LogP contribution in [0.3, 0.4) is 0 Å². The van der Waals surface area contributed by atoms with Crippen molar-refractivity contribution in [1.82, 2.24) is 29.4 Å². The molecule has 11 heteroatoms. The van der Waals surface area contributed by atoms with Crippen LogP contribution in [0.5, 0.6) is 0 Å². The summed E-state index contributed by atoms with van der Waals surface area (Å²) in [6.07, 6.45) is 47.0. The van der Waals surface area contributed by atoms with E-state index in [1.54, 1.807) is 15.4 Å². The zero-order chi connectivity index (χ0) is 57.7. The molecule has 0 saturated carbocycles. The Kier molecular flexibility index (Phi) is 37.2. The van der Waals surface area contributed by atoms with Gasteiger partial charge >= 0.3 is 0 Å². The third kappa shape index (κ3) is 27.6. The van der Waals surface area contributed by atoms with Crippen LogP contribution in [0, 0.1) is 5.92 Å². The number of benzene rings is 1. The van der Waals surface area contributed by atoms with E-state index < -0.39 is 6.43 Å². The molecular formula is C67H110ClF2N7O. The van der Waals surface area contributed by atoms with E-state index in [9.17, 15) is 13.9 Å². The monoisotopic (exact) mass is 1100 g/mol. The molecular weight excluding hydrogens is 992 g/mol. The topological polar surface area (TPSA) is 65.6 Å². The Hall–Kier alpha value is -4.41. The maximum Gasteiger partial charge on any atom is 0.239 e. The Labute approximate surface area is 480 Å². The summed E-state index contributed by atoms with van der Waals surface area (Å²) in [6, 6.07) is 6.40. The molecule has 0 spiro atoms. The number of allylic oxidation sites excluding steroid dienone is 9. The summed E-state index contributed by atoms with van der Waals surface area (Å²) in [5.74, 6) is -0.0263. The Morgan fingerprint density at radius 2 is 1.27 bits per heavy atom. The molecule has 1 aromatic carbocycles. The molecule has 0 amide bonds. The average molecular weight is 1100 g/mol. The number of unbranched alkanes of at least 4 members (excludes halogenated alkanes) is 16.